The highest BCUT2D eigenvalue weighted by atomic mass is 79.9. The topological polar surface area (TPSA) is 50.2 Å². The van der Waals surface area contributed by atoms with E-state index in [1.807, 2.05) is 24.3 Å². The van der Waals surface area contributed by atoms with E-state index >= 15 is 0 Å². The van der Waals surface area contributed by atoms with Crippen LogP contribution in [0.3, 0.4) is 0 Å². The number of aromatic nitrogens is 1. The quantitative estimate of drug-likeness (QED) is 0.910. The first kappa shape index (κ1) is 13.2. The Bertz CT molecular complexity index is 575. The highest BCUT2D eigenvalue weighted by molar-refractivity contribution is 9.11. The van der Waals surface area contributed by atoms with Crippen molar-refractivity contribution in [3.05, 3.63) is 39.4 Å². The Kier molecular flexibility index (Phi) is 3.82. The summed E-state index contributed by atoms with van der Waals surface area (Å²) < 4.78 is 0.586. The molecule has 0 bridgehead atoms. The van der Waals surface area contributed by atoms with Gasteiger partial charge in [-0.2, -0.15) is 0 Å². The Morgan fingerprint density at radius 3 is 2.44 bits per heavy atom. The molecule has 1 aromatic heterocycles. The second kappa shape index (κ2) is 5.20. The number of carbonyl (C=O) groups is 1. The number of carboxylic acids is 1. The molecule has 0 radical (unpaired) electrons. The van der Waals surface area contributed by atoms with Gasteiger partial charge in [0.1, 0.15) is 0 Å². The number of benzene rings is 1. The van der Waals surface area contributed by atoms with Crippen molar-refractivity contribution in [1.29, 1.82) is 0 Å². The average molecular weight is 326 g/mol. The number of nitrogens with zero attached hydrogens (tertiary/aromatic N) is 1. The van der Waals surface area contributed by atoms with Gasteiger partial charge in [0.2, 0.25) is 0 Å². The van der Waals surface area contributed by atoms with Gasteiger partial charge in [0.05, 0.1) is 4.88 Å². The minimum atomic E-state index is -1.00. The first-order valence-electron chi connectivity index (χ1n) is 5.49. The maximum atomic E-state index is 11.1. The molecule has 2 aromatic rings. The third-order valence-electron chi connectivity index (χ3n) is 2.64. The van der Waals surface area contributed by atoms with E-state index in [9.17, 15) is 4.79 Å². The maximum Gasteiger partial charge on any atom is 0.356 e. The van der Waals surface area contributed by atoms with Crippen molar-refractivity contribution in [1.82, 2.24) is 4.98 Å². The van der Waals surface area contributed by atoms with Crippen molar-refractivity contribution in [3.63, 3.8) is 0 Å². The molecule has 0 amide bonds. The van der Waals surface area contributed by atoms with E-state index in [1.54, 1.807) is 0 Å². The van der Waals surface area contributed by atoms with Crippen molar-refractivity contribution in [2.24, 2.45) is 0 Å². The molecule has 0 atom stereocenters. The zero-order valence-corrected chi connectivity index (χ0v) is 12.4. The summed E-state index contributed by atoms with van der Waals surface area (Å²) in [7, 11) is 0. The zero-order chi connectivity index (χ0) is 13.3. The highest BCUT2D eigenvalue weighted by Gasteiger charge is 2.17. The Balaban J connectivity index is 2.45. The fourth-order valence-corrected chi connectivity index (χ4v) is 3.11. The lowest BCUT2D eigenvalue weighted by molar-refractivity contribution is 0.0692. The summed E-state index contributed by atoms with van der Waals surface area (Å²) in [4.78, 5) is 15.8. The van der Waals surface area contributed by atoms with E-state index < -0.39 is 5.97 Å². The number of halogens is 1. The summed E-state index contributed by atoms with van der Waals surface area (Å²) in [6.45, 7) is 4.25. The van der Waals surface area contributed by atoms with Crippen LogP contribution in [0.1, 0.15) is 35.8 Å². The van der Waals surface area contributed by atoms with E-state index in [4.69, 9.17) is 5.11 Å². The maximum absolute atomic E-state index is 11.1. The standard InChI is InChI=1S/C13H12BrNO2S/c1-7(2)8-3-5-9(6-4-8)11-10(12(16)17)15-13(14)18-11/h3-7H,1-2H3,(H,16,17). The van der Waals surface area contributed by atoms with Crippen LogP contribution >= 0.6 is 27.3 Å². The summed E-state index contributed by atoms with van der Waals surface area (Å²) in [6.07, 6.45) is 0. The fraction of sp³-hybridized carbons (Fsp3) is 0.231. The molecule has 1 heterocycles. The van der Waals surface area contributed by atoms with Crippen molar-refractivity contribution >= 4 is 33.2 Å². The molecule has 2 rings (SSSR count). The molecular weight excluding hydrogens is 314 g/mol. The molecule has 0 aliphatic rings. The van der Waals surface area contributed by atoms with Gasteiger partial charge in [-0.15, -0.1) is 11.3 Å². The summed E-state index contributed by atoms with van der Waals surface area (Å²) in [6, 6.07) is 7.95. The van der Waals surface area contributed by atoms with Crippen molar-refractivity contribution in [3.8, 4) is 10.4 Å². The number of hydrogen-bond acceptors (Lipinski definition) is 3. The van der Waals surface area contributed by atoms with Gasteiger partial charge in [-0.1, -0.05) is 38.1 Å². The van der Waals surface area contributed by atoms with E-state index in [1.165, 1.54) is 16.9 Å². The van der Waals surface area contributed by atoms with Gasteiger partial charge in [-0.25, -0.2) is 9.78 Å². The van der Waals surface area contributed by atoms with Crippen LogP contribution < -0.4 is 0 Å². The predicted octanol–water partition coefficient (Wildman–Crippen LogP) is 4.39. The number of rotatable bonds is 3. The van der Waals surface area contributed by atoms with Crippen molar-refractivity contribution in [2.75, 3.05) is 0 Å². The molecule has 0 aliphatic carbocycles. The lowest BCUT2D eigenvalue weighted by atomic mass is 10.0. The molecule has 18 heavy (non-hydrogen) atoms. The van der Waals surface area contributed by atoms with Crippen molar-refractivity contribution < 1.29 is 9.90 Å². The summed E-state index contributed by atoms with van der Waals surface area (Å²) in [5.74, 6) is -0.536. The van der Waals surface area contributed by atoms with Crippen LogP contribution in [-0.2, 0) is 0 Å². The van der Waals surface area contributed by atoms with Gasteiger partial charge < -0.3 is 5.11 Å². The molecule has 0 unspecified atom stereocenters. The Morgan fingerprint density at radius 2 is 1.94 bits per heavy atom. The monoisotopic (exact) mass is 325 g/mol. The number of carboxylic acid groups (broad SMARTS) is 1. The molecule has 1 aromatic carbocycles. The molecule has 3 nitrogen and oxygen atoms in total. The molecule has 0 fully saturated rings. The van der Waals surface area contributed by atoms with Crippen LogP contribution in [0.4, 0.5) is 0 Å². The molecule has 0 saturated carbocycles. The van der Waals surface area contributed by atoms with Crippen LogP contribution in [0.2, 0.25) is 0 Å². The fourth-order valence-electron chi connectivity index (χ4n) is 1.65. The third-order valence-corrected chi connectivity index (χ3v) is 4.20. The SMILES string of the molecule is CC(C)c1ccc(-c2sc(Br)nc2C(=O)O)cc1. The van der Waals surface area contributed by atoms with Gasteiger partial charge in [-0.3, -0.25) is 0 Å². The smallest absolute Gasteiger partial charge is 0.356 e. The van der Waals surface area contributed by atoms with Crippen molar-refractivity contribution in [2.45, 2.75) is 19.8 Å². The number of aromatic carboxylic acids is 1. The van der Waals surface area contributed by atoms with Crippen LogP contribution in [0.15, 0.2) is 28.2 Å². The molecule has 0 spiro atoms. The highest BCUT2D eigenvalue weighted by Crippen LogP contribution is 2.33. The van der Waals surface area contributed by atoms with Crippen LogP contribution in [0, 0.1) is 0 Å². The van der Waals surface area contributed by atoms with Crippen LogP contribution in [-0.4, -0.2) is 16.1 Å². The summed E-state index contributed by atoms with van der Waals surface area (Å²) in [5, 5.41) is 9.11. The molecular formula is C13H12BrNO2S. The Hall–Kier alpha value is -1.20. The van der Waals surface area contributed by atoms with Gasteiger partial charge in [-0.05, 0) is 33.0 Å². The third kappa shape index (κ3) is 2.62. The summed E-state index contributed by atoms with van der Waals surface area (Å²) in [5.41, 5.74) is 2.23. The van der Waals surface area contributed by atoms with Gasteiger partial charge in [0, 0.05) is 0 Å². The Labute approximate surface area is 118 Å². The minimum Gasteiger partial charge on any atom is -0.476 e. The second-order valence-corrected chi connectivity index (χ2v) is 6.50. The normalized spacial score (nSPS) is 10.9. The Morgan fingerprint density at radius 1 is 1.33 bits per heavy atom. The van der Waals surface area contributed by atoms with Gasteiger partial charge in [0.15, 0.2) is 9.61 Å². The molecule has 1 N–H and O–H groups in total. The number of thiazole rings is 1. The first-order valence-corrected chi connectivity index (χ1v) is 7.10. The van der Waals surface area contributed by atoms with E-state index in [2.05, 4.69) is 34.8 Å². The average Bonchev–Trinajstić information content (AvgIpc) is 2.71. The lowest BCUT2D eigenvalue weighted by Crippen LogP contribution is -1.98. The number of hydrogen-bond donors (Lipinski definition) is 1. The van der Waals surface area contributed by atoms with Crippen LogP contribution in [0.5, 0.6) is 0 Å². The van der Waals surface area contributed by atoms with Gasteiger partial charge >= 0.3 is 5.97 Å². The molecule has 5 heteroatoms. The molecule has 94 valence electrons. The predicted molar refractivity (Wildman–Crippen MR) is 76.3 cm³/mol. The minimum absolute atomic E-state index is 0.101. The van der Waals surface area contributed by atoms with E-state index in [-0.39, 0.29) is 5.69 Å². The molecule has 0 saturated heterocycles. The van der Waals surface area contributed by atoms with E-state index in [0.717, 1.165) is 5.56 Å². The van der Waals surface area contributed by atoms with Gasteiger partial charge in [0.25, 0.3) is 0 Å². The lowest BCUT2D eigenvalue weighted by Gasteiger charge is -2.06. The molecule has 0 aliphatic heterocycles. The first-order chi connectivity index (χ1) is 8.49. The largest absolute Gasteiger partial charge is 0.476 e. The second-order valence-electron chi connectivity index (χ2n) is 4.23. The van der Waals surface area contributed by atoms with E-state index in [0.29, 0.717) is 14.7 Å². The summed E-state index contributed by atoms with van der Waals surface area (Å²) >= 11 is 4.57. The zero-order valence-electron chi connectivity index (χ0n) is 9.98. The van der Waals surface area contributed by atoms with Crippen LogP contribution in [0.25, 0.3) is 10.4 Å².